The molecule has 2 atom stereocenters. The van der Waals surface area contributed by atoms with Crippen LogP contribution in [-0.2, 0) is 16.0 Å². The van der Waals surface area contributed by atoms with Crippen LogP contribution in [0.3, 0.4) is 0 Å². The van der Waals surface area contributed by atoms with Gasteiger partial charge in [0.05, 0.1) is 23.0 Å². The zero-order valence-electron chi connectivity index (χ0n) is 11.1. The van der Waals surface area contributed by atoms with Gasteiger partial charge in [-0.1, -0.05) is 6.92 Å². The Hall–Kier alpha value is -1.43. The SMILES string of the molecule is Cc1nc(CC(=O)N2CCC(C(=O)O)C(C)C2)cs1. The van der Waals surface area contributed by atoms with Crippen LogP contribution in [0.1, 0.15) is 24.0 Å². The van der Waals surface area contributed by atoms with Crippen LogP contribution in [0, 0.1) is 18.8 Å². The molecule has 6 heteroatoms. The van der Waals surface area contributed by atoms with Crippen molar-refractivity contribution in [1.82, 2.24) is 9.88 Å². The van der Waals surface area contributed by atoms with Gasteiger partial charge in [-0.2, -0.15) is 0 Å². The molecule has 2 rings (SSSR count). The van der Waals surface area contributed by atoms with Crippen molar-refractivity contribution in [3.8, 4) is 0 Å². The molecule has 2 unspecified atom stereocenters. The fourth-order valence-corrected chi connectivity index (χ4v) is 3.11. The molecule has 19 heavy (non-hydrogen) atoms. The number of aliphatic carboxylic acids is 1. The van der Waals surface area contributed by atoms with Crippen LogP contribution in [-0.4, -0.2) is 40.0 Å². The first-order chi connectivity index (χ1) is 8.97. The second-order valence-electron chi connectivity index (χ2n) is 5.09. The van der Waals surface area contributed by atoms with E-state index in [-0.39, 0.29) is 17.7 Å². The molecule has 0 bridgehead atoms. The second kappa shape index (κ2) is 5.69. The van der Waals surface area contributed by atoms with Crippen molar-refractivity contribution >= 4 is 23.2 Å². The maximum atomic E-state index is 12.1. The highest BCUT2D eigenvalue weighted by molar-refractivity contribution is 7.09. The van der Waals surface area contributed by atoms with Gasteiger partial charge >= 0.3 is 5.97 Å². The van der Waals surface area contributed by atoms with Crippen molar-refractivity contribution in [1.29, 1.82) is 0 Å². The van der Waals surface area contributed by atoms with Gasteiger partial charge < -0.3 is 10.0 Å². The van der Waals surface area contributed by atoms with Crippen LogP contribution >= 0.6 is 11.3 Å². The number of rotatable bonds is 3. The van der Waals surface area contributed by atoms with Crippen molar-refractivity contribution in [2.24, 2.45) is 11.8 Å². The van der Waals surface area contributed by atoms with Crippen LogP contribution in [0.4, 0.5) is 0 Å². The highest BCUT2D eigenvalue weighted by atomic mass is 32.1. The molecular weight excluding hydrogens is 264 g/mol. The molecule has 1 N–H and O–H groups in total. The number of piperidine rings is 1. The first-order valence-corrected chi connectivity index (χ1v) is 7.27. The third kappa shape index (κ3) is 3.32. The van der Waals surface area contributed by atoms with Crippen molar-refractivity contribution in [3.63, 3.8) is 0 Å². The van der Waals surface area contributed by atoms with Gasteiger partial charge in [0, 0.05) is 18.5 Å². The first kappa shape index (κ1) is 14.0. The van der Waals surface area contributed by atoms with E-state index in [1.807, 2.05) is 19.2 Å². The Balaban J connectivity index is 1.93. The van der Waals surface area contributed by atoms with E-state index in [2.05, 4.69) is 4.98 Å². The van der Waals surface area contributed by atoms with Gasteiger partial charge in [0.2, 0.25) is 5.91 Å². The summed E-state index contributed by atoms with van der Waals surface area (Å²) in [5.74, 6) is -1.03. The molecule has 0 aromatic carbocycles. The molecule has 5 nitrogen and oxygen atoms in total. The van der Waals surface area contributed by atoms with E-state index in [4.69, 9.17) is 5.11 Å². The molecule has 0 aliphatic carbocycles. The molecule has 1 aliphatic heterocycles. The Morgan fingerprint density at radius 3 is 2.84 bits per heavy atom. The lowest BCUT2D eigenvalue weighted by atomic mass is 9.87. The summed E-state index contributed by atoms with van der Waals surface area (Å²) in [6, 6.07) is 0. The lowest BCUT2D eigenvalue weighted by Gasteiger charge is -2.34. The smallest absolute Gasteiger partial charge is 0.306 e. The van der Waals surface area contributed by atoms with Gasteiger partial charge in [-0.05, 0) is 19.3 Å². The van der Waals surface area contributed by atoms with E-state index in [1.165, 1.54) is 11.3 Å². The van der Waals surface area contributed by atoms with Gasteiger partial charge in [0.1, 0.15) is 0 Å². The Morgan fingerprint density at radius 1 is 1.58 bits per heavy atom. The van der Waals surface area contributed by atoms with Crippen molar-refractivity contribution in [3.05, 3.63) is 16.1 Å². The Bertz CT molecular complexity index is 486. The average molecular weight is 282 g/mol. The summed E-state index contributed by atoms with van der Waals surface area (Å²) in [7, 11) is 0. The highest BCUT2D eigenvalue weighted by Crippen LogP contribution is 2.24. The molecule has 1 aromatic rings. The van der Waals surface area contributed by atoms with E-state index < -0.39 is 5.97 Å². The van der Waals surface area contributed by atoms with Crippen molar-refractivity contribution in [2.45, 2.75) is 26.7 Å². The average Bonchev–Trinajstić information content (AvgIpc) is 2.74. The minimum Gasteiger partial charge on any atom is -0.481 e. The van der Waals surface area contributed by atoms with Gasteiger partial charge in [-0.3, -0.25) is 9.59 Å². The maximum Gasteiger partial charge on any atom is 0.306 e. The van der Waals surface area contributed by atoms with Gasteiger partial charge in [-0.25, -0.2) is 4.98 Å². The Kier molecular flexibility index (Phi) is 4.19. The van der Waals surface area contributed by atoms with E-state index >= 15 is 0 Å². The predicted molar refractivity (Wildman–Crippen MR) is 72.0 cm³/mol. The summed E-state index contributed by atoms with van der Waals surface area (Å²) in [5.41, 5.74) is 0.806. The summed E-state index contributed by atoms with van der Waals surface area (Å²) in [5, 5.41) is 11.9. The number of aromatic nitrogens is 1. The normalized spacial score (nSPS) is 23.4. The van der Waals surface area contributed by atoms with Gasteiger partial charge in [0.15, 0.2) is 0 Å². The molecular formula is C13H18N2O3S. The third-order valence-electron chi connectivity index (χ3n) is 3.57. The fraction of sp³-hybridized carbons (Fsp3) is 0.615. The van der Waals surface area contributed by atoms with E-state index in [0.29, 0.717) is 25.9 Å². The maximum absolute atomic E-state index is 12.1. The summed E-state index contributed by atoms with van der Waals surface area (Å²) in [6.07, 6.45) is 0.854. The zero-order chi connectivity index (χ0) is 14.0. The molecule has 0 spiro atoms. The Morgan fingerprint density at radius 2 is 2.32 bits per heavy atom. The lowest BCUT2D eigenvalue weighted by molar-refractivity contribution is -0.148. The first-order valence-electron chi connectivity index (χ1n) is 6.39. The van der Waals surface area contributed by atoms with E-state index in [1.54, 1.807) is 4.90 Å². The van der Waals surface area contributed by atoms with Crippen LogP contribution < -0.4 is 0 Å². The summed E-state index contributed by atoms with van der Waals surface area (Å²) < 4.78 is 0. The van der Waals surface area contributed by atoms with Gasteiger partial charge in [-0.15, -0.1) is 11.3 Å². The molecule has 2 heterocycles. The molecule has 104 valence electrons. The number of nitrogens with zero attached hydrogens (tertiary/aromatic N) is 2. The number of carbonyl (C=O) groups excluding carboxylic acids is 1. The molecule has 1 saturated heterocycles. The third-order valence-corrected chi connectivity index (χ3v) is 4.40. The number of amides is 1. The van der Waals surface area contributed by atoms with Gasteiger partial charge in [0.25, 0.3) is 0 Å². The number of carboxylic acids is 1. The lowest BCUT2D eigenvalue weighted by Crippen LogP contribution is -2.45. The Labute approximate surface area is 116 Å². The molecule has 0 radical (unpaired) electrons. The van der Waals surface area contributed by atoms with Crippen LogP contribution in [0.2, 0.25) is 0 Å². The highest BCUT2D eigenvalue weighted by Gasteiger charge is 2.32. The summed E-state index contributed by atoms with van der Waals surface area (Å²) in [6.45, 7) is 4.87. The predicted octanol–water partition coefficient (Wildman–Crippen LogP) is 1.56. The minimum atomic E-state index is -0.755. The van der Waals surface area contributed by atoms with Crippen LogP contribution in [0.25, 0.3) is 0 Å². The van der Waals surface area contributed by atoms with Crippen LogP contribution in [0.5, 0.6) is 0 Å². The molecule has 1 amide bonds. The number of hydrogen-bond acceptors (Lipinski definition) is 4. The number of likely N-dealkylation sites (tertiary alicyclic amines) is 1. The van der Waals surface area contributed by atoms with Crippen molar-refractivity contribution in [2.75, 3.05) is 13.1 Å². The molecule has 1 fully saturated rings. The van der Waals surface area contributed by atoms with E-state index in [9.17, 15) is 9.59 Å². The summed E-state index contributed by atoms with van der Waals surface area (Å²) in [4.78, 5) is 29.2. The van der Waals surface area contributed by atoms with Crippen molar-refractivity contribution < 1.29 is 14.7 Å². The topological polar surface area (TPSA) is 70.5 Å². The van der Waals surface area contributed by atoms with E-state index in [0.717, 1.165) is 10.7 Å². The molecule has 0 saturated carbocycles. The number of aryl methyl sites for hydroxylation is 1. The number of hydrogen-bond donors (Lipinski definition) is 1. The number of carboxylic acid groups (broad SMARTS) is 1. The standard InChI is InChI=1S/C13H18N2O3S/c1-8-6-15(4-3-11(8)13(17)18)12(16)5-10-7-19-9(2)14-10/h7-8,11H,3-6H2,1-2H3,(H,17,18). The zero-order valence-corrected chi connectivity index (χ0v) is 11.9. The monoisotopic (exact) mass is 282 g/mol. The molecule has 1 aromatic heterocycles. The summed E-state index contributed by atoms with van der Waals surface area (Å²) >= 11 is 1.54. The minimum absolute atomic E-state index is 0.00682. The fourth-order valence-electron chi connectivity index (χ4n) is 2.50. The van der Waals surface area contributed by atoms with Crippen LogP contribution in [0.15, 0.2) is 5.38 Å². The quantitative estimate of drug-likeness (QED) is 0.913. The number of thiazole rings is 1. The second-order valence-corrected chi connectivity index (χ2v) is 6.15. The number of carbonyl (C=O) groups is 2. The largest absolute Gasteiger partial charge is 0.481 e. The molecule has 1 aliphatic rings.